The molecule has 0 bridgehead atoms. The Kier molecular flexibility index (Phi) is 4.22. The first-order valence-corrected chi connectivity index (χ1v) is 5.18. The Morgan fingerprint density at radius 3 is 2.71 bits per heavy atom. The highest BCUT2D eigenvalue weighted by atomic mass is 16.4. The number of carboxylic acid groups (broad SMARTS) is 1. The number of hydrogen-bond acceptors (Lipinski definition) is 4. The highest BCUT2D eigenvalue weighted by molar-refractivity contribution is 5.95. The van der Waals surface area contributed by atoms with E-state index < -0.39 is 24.5 Å². The summed E-state index contributed by atoms with van der Waals surface area (Å²) in [7, 11) is 0. The Balaban J connectivity index is 2.85. The Bertz CT molecular complexity index is 427. The quantitative estimate of drug-likeness (QED) is 0.637. The molecule has 0 aliphatic carbocycles. The van der Waals surface area contributed by atoms with Crippen molar-refractivity contribution < 1.29 is 19.8 Å². The van der Waals surface area contributed by atoms with Gasteiger partial charge in [-0.2, -0.15) is 5.10 Å². The molecule has 0 fully saturated rings. The van der Waals surface area contributed by atoms with Crippen LogP contribution in [0.4, 0.5) is 0 Å². The topological polar surface area (TPSA) is 104 Å². The van der Waals surface area contributed by atoms with E-state index in [2.05, 4.69) is 10.4 Å². The van der Waals surface area contributed by atoms with Crippen molar-refractivity contribution in [3.8, 4) is 0 Å². The number of carbonyl (C=O) groups is 2. The van der Waals surface area contributed by atoms with Crippen LogP contribution in [0, 0.1) is 6.92 Å². The van der Waals surface area contributed by atoms with Crippen molar-refractivity contribution in [3.63, 3.8) is 0 Å². The smallest absolute Gasteiger partial charge is 0.328 e. The highest BCUT2D eigenvalue weighted by Crippen LogP contribution is 2.04. The molecule has 0 aliphatic heterocycles. The first kappa shape index (κ1) is 13.2. The molecule has 0 spiro atoms. The number of hydrogen-bond donors (Lipinski definition) is 3. The number of aliphatic hydroxyl groups excluding tert-OH is 1. The molecule has 1 rings (SSSR count). The maximum Gasteiger partial charge on any atom is 0.328 e. The van der Waals surface area contributed by atoms with Gasteiger partial charge < -0.3 is 15.5 Å². The number of nitrogens with one attached hydrogen (secondary N) is 1. The van der Waals surface area contributed by atoms with Crippen LogP contribution in [0.3, 0.4) is 0 Å². The zero-order valence-corrected chi connectivity index (χ0v) is 9.67. The van der Waals surface area contributed by atoms with E-state index in [1.165, 1.54) is 4.68 Å². The van der Waals surface area contributed by atoms with Gasteiger partial charge in [-0.1, -0.05) is 0 Å². The number of amides is 1. The van der Waals surface area contributed by atoms with Crippen molar-refractivity contribution in [2.45, 2.75) is 26.4 Å². The van der Waals surface area contributed by atoms with Crippen molar-refractivity contribution in [3.05, 3.63) is 17.5 Å². The minimum absolute atomic E-state index is 0.282. The first-order valence-electron chi connectivity index (χ1n) is 5.18. The van der Waals surface area contributed by atoms with E-state index in [1.807, 2.05) is 6.92 Å². The number of nitrogens with zero attached hydrogens (tertiary/aromatic N) is 2. The van der Waals surface area contributed by atoms with Crippen molar-refractivity contribution in [2.75, 3.05) is 6.61 Å². The maximum absolute atomic E-state index is 11.8. The predicted molar refractivity (Wildman–Crippen MR) is 58.6 cm³/mol. The van der Waals surface area contributed by atoms with Crippen molar-refractivity contribution >= 4 is 11.9 Å². The number of carbonyl (C=O) groups excluding carboxylic acids is 1. The molecule has 17 heavy (non-hydrogen) atoms. The van der Waals surface area contributed by atoms with Crippen LogP contribution in [0.1, 0.15) is 23.1 Å². The second kappa shape index (κ2) is 5.44. The largest absolute Gasteiger partial charge is 0.480 e. The molecule has 0 saturated heterocycles. The maximum atomic E-state index is 11.8. The lowest BCUT2D eigenvalue weighted by Crippen LogP contribution is -2.43. The SMILES string of the molecule is CCn1nc(C)cc1C(=O)N[C@@H](CO)C(=O)O. The van der Waals surface area contributed by atoms with E-state index >= 15 is 0 Å². The fourth-order valence-electron chi connectivity index (χ4n) is 1.39. The first-order chi connectivity index (χ1) is 7.99. The van der Waals surface area contributed by atoms with Crippen LogP contribution in [-0.4, -0.2) is 44.5 Å². The van der Waals surface area contributed by atoms with Gasteiger partial charge in [0.05, 0.1) is 12.3 Å². The lowest BCUT2D eigenvalue weighted by molar-refractivity contribution is -0.140. The van der Waals surface area contributed by atoms with Crippen LogP contribution < -0.4 is 5.32 Å². The third-order valence-corrected chi connectivity index (χ3v) is 2.22. The average molecular weight is 241 g/mol. The molecule has 0 saturated carbocycles. The highest BCUT2D eigenvalue weighted by Gasteiger charge is 2.21. The van der Waals surface area contributed by atoms with Gasteiger partial charge in [-0.25, -0.2) is 4.79 Å². The third-order valence-electron chi connectivity index (χ3n) is 2.22. The number of carboxylic acids is 1. The number of rotatable bonds is 5. The second-order valence-electron chi connectivity index (χ2n) is 3.53. The number of aliphatic hydroxyl groups is 1. The van der Waals surface area contributed by atoms with E-state index in [1.54, 1.807) is 13.0 Å². The Morgan fingerprint density at radius 2 is 2.24 bits per heavy atom. The summed E-state index contributed by atoms with van der Waals surface area (Å²) in [6.45, 7) is 3.42. The van der Waals surface area contributed by atoms with Crippen LogP contribution in [0.2, 0.25) is 0 Å². The minimum Gasteiger partial charge on any atom is -0.480 e. The van der Waals surface area contributed by atoms with Gasteiger partial charge in [0.1, 0.15) is 5.69 Å². The predicted octanol–water partition coefficient (Wildman–Crippen LogP) is -0.613. The minimum atomic E-state index is -1.30. The van der Waals surface area contributed by atoms with Crippen LogP contribution >= 0.6 is 0 Å². The van der Waals surface area contributed by atoms with E-state index in [0.717, 1.165) is 0 Å². The molecular weight excluding hydrogens is 226 g/mol. The Hall–Kier alpha value is -1.89. The van der Waals surface area contributed by atoms with Gasteiger partial charge >= 0.3 is 5.97 Å². The van der Waals surface area contributed by atoms with Gasteiger partial charge in [0.25, 0.3) is 5.91 Å². The van der Waals surface area contributed by atoms with Crippen molar-refractivity contribution in [2.24, 2.45) is 0 Å². The molecule has 7 heteroatoms. The van der Waals surface area contributed by atoms with Gasteiger partial charge in [-0.15, -0.1) is 0 Å². The molecule has 94 valence electrons. The van der Waals surface area contributed by atoms with E-state index in [-0.39, 0.29) is 5.69 Å². The number of aliphatic carboxylic acids is 1. The molecule has 0 aromatic carbocycles. The van der Waals surface area contributed by atoms with Crippen LogP contribution in [0.25, 0.3) is 0 Å². The summed E-state index contributed by atoms with van der Waals surface area (Å²) < 4.78 is 1.47. The molecule has 7 nitrogen and oxygen atoms in total. The summed E-state index contributed by atoms with van der Waals surface area (Å²) in [6.07, 6.45) is 0. The fraction of sp³-hybridized carbons (Fsp3) is 0.500. The Morgan fingerprint density at radius 1 is 1.59 bits per heavy atom. The summed E-state index contributed by atoms with van der Waals surface area (Å²) >= 11 is 0. The monoisotopic (exact) mass is 241 g/mol. The van der Waals surface area contributed by atoms with Gasteiger partial charge in [0, 0.05) is 6.54 Å². The number of aromatic nitrogens is 2. The van der Waals surface area contributed by atoms with Crippen molar-refractivity contribution in [1.82, 2.24) is 15.1 Å². The molecule has 1 aromatic heterocycles. The van der Waals surface area contributed by atoms with Crippen LogP contribution in [0.15, 0.2) is 6.07 Å². The molecule has 1 aromatic rings. The zero-order valence-electron chi connectivity index (χ0n) is 9.67. The summed E-state index contributed by atoms with van der Waals surface area (Å²) in [5.74, 6) is -1.84. The summed E-state index contributed by atoms with van der Waals surface area (Å²) in [5.41, 5.74) is 0.956. The van der Waals surface area contributed by atoms with Gasteiger partial charge in [0.2, 0.25) is 0 Å². The standard InChI is InChI=1S/C10H15N3O4/c1-3-13-8(4-6(2)12-13)9(15)11-7(5-14)10(16)17/h4,7,14H,3,5H2,1-2H3,(H,11,15)(H,16,17)/t7-/m0/s1. The fourth-order valence-corrected chi connectivity index (χ4v) is 1.39. The average Bonchev–Trinajstić information content (AvgIpc) is 2.66. The number of aryl methyl sites for hydroxylation is 2. The molecule has 0 radical (unpaired) electrons. The van der Waals surface area contributed by atoms with Crippen LogP contribution in [0.5, 0.6) is 0 Å². The lowest BCUT2D eigenvalue weighted by atomic mass is 10.3. The molecule has 1 heterocycles. The van der Waals surface area contributed by atoms with E-state index in [9.17, 15) is 9.59 Å². The van der Waals surface area contributed by atoms with E-state index in [4.69, 9.17) is 10.2 Å². The molecular formula is C10H15N3O4. The summed E-state index contributed by atoms with van der Waals surface area (Å²) in [6, 6.07) is 0.262. The third kappa shape index (κ3) is 3.04. The second-order valence-corrected chi connectivity index (χ2v) is 3.53. The summed E-state index contributed by atoms with van der Waals surface area (Å²) in [4.78, 5) is 22.4. The lowest BCUT2D eigenvalue weighted by Gasteiger charge is -2.11. The molecule has 1 amide bonds. The Labute approximate surface area is 98.1 Å². The van der Waals surface area contributed by atoms with Gasteiger partial charge in [0.15, 0.2) is 6.04 Å². The van der Waals surface area contributed by atoms with Gasteiger partial charge in [-0.3, -0.25) is 9.48 Å². The zero-order chi connectivity index (χ0) is 13.0. The van der Waals surface area contributed by atoms with Gasteiger partial charge in [-0.05, 0) is 19.9 Å². The van der Waals surface area contributed by atoms with Crippen LogP contribution in [-0.2, 0) is 11.3 Å². The normalized spacial score (nSPS) is 12.2. The van der Waals surface area contributed by atoms with Crippen molar-refractivity contribution in [1.29, 1.82) is 0 Å². The molecule has 0 unspecified atom stereocenters. The molecule has 3 N–H and O–H groups in total. The van der Waals surface area contributed by atoms with E-state index in [0.29, 0.717) is 12.2 Å². The summed E-state index contributed by atoms with van der Waals surface area (Å²) in [5, 5.41) is 23.8. The molecule has 0 aliphatic rings. The molecule has 1 atom stereocenters.